The first-order valence-corrected chi connectivity index (χ1v) is 9.95. The van der Waals surface area contributed by atoms with Gasteiger partial charge in [-0.1, -0.05) is 43.3 Å². The summed E-state index contributed by atoms with van der Waals surface area (Å²) in [6, 6.07) is 12.6. The maximum atomic E-state index is 13.4. The Morgan fingerprint density at radius 1 is 1.11 bits per heavy atom. The van der Waals surface area contributed by atoms with E-state index in [0.29, 0.717) is 17.3 Å². The fourth-order valence-corrected chi connectivity index (χ4v) is 4.21. The van der Waals surface area contributed by atoms with Gasteiger partial charge in [-0.25, -0.2) is 17.9 Å². The highest BCUT2D eigenvalue weighted by molar-refractivity contribution is 7.89. The molecule has 4 rings (SSSR count). The highest BCUT2D eigenvalue weighted by atomic mass is 32.2. The van der Waals surface area contributed by atoms with Crippen molar-refractivity contribution in [2.45, 2.75) is 30.6 Å². The molecular weight excluding hydrogens is 369 g/mol. The van der Waals surface area contributed by atoms with Gasteiger partial charge in [0.15, 0.2) is 0 Å². The normalized spacial score (nSPS) is 21.2. The molecule has 3 aromatic rings. The van der Waals surface area contributed by atoms with E-state index in [1.165, 1.54) is 24.3 Å². The molecular formula is C19H18FN3O3S. The molecule has 140 valence electrons. The summed E-state index contributed by atoms with van der Waals surface area (Å²) < 4.78 is 41.7. The predicted molar refractivity (Wildman–Crippen MR) is 96.8 cm³/mol. The number of hydrogen-bond donors (Lipinski definition) is 1. The molecule has 0 saturated heterocycles. The Kier molecular flexibility index (Phi) is 3.94. The van der Waals surface area contributed by atoms with Crippen LogP contribution in [0.2, 0.25) is 0 Å². The quantitative estimate of drug-likeness (QED) is 0.739. The third-order valence-corrected chi connectivity index (χ3v) is 6.11. The minimum absolute atomic E-state index is 0.00681. The average Bonchev–Trinajstić information content (AvgIpc) is 2.94. The SMILES string of the molecule is CC1(C)[C@H](c2ccc(S(N)(=O)=O)cc2)[C@H]1c1nc(-c2cccc(F)c2)no1. The monoisotopic (exact) mass is 387 g/mol. The van der Waals surface area contributed by atoms with E-state index >= 15 is 0 Å². The third kappa shape index (κ3) is 3.15. The molecule has 1 aliphatic carbocycles. The first-order chi connectivity index (χ1) is 12.7. The van der Waals surface area contributed by atoms with Crippen LogP contribution in [-0.4, -0.2) is 18.6 Å². The summed E-state index contributed by atoms with van der Waals surface area (Å²) in [6.07, 6.45) is 0. The lowest BCUT2D eigenvalue weighted by Crippen LogP contribution is -2.11. The second kappa shape index (κ2) is 5.97. The number of halogens is 1. The second-order valence-electron chi connectivity index (χ2n) is 7.36. The number of rotatable bonds is 4. The number of primary sulfonamides is 1. The van der Waals surface area contributed by atoms with E-state index in [2.05, 4.69) is 24.0 Å². The van der Waals surface area contributed by atoms with Gasteiger partial charge in [-0.3, -0.25) is 0 Å². The smallest absolute Gasteiger partial charge is 0.238 e. The van der Waals surface area contributed by atoms with Crippen molar-refractivity contribution in [3.05, 3.63) is 65.8 Å². The molecule has 27 heavy (non-hydrogen) atoms. The van der Waals surface area contributed by atoms with Crippen LogP contribution in [0.5, 0.6) is 0 Å². The molecule has 1 aliphatic rings. The van der Waals surface area contributed by atoms with Crippen molar-refractivity contribution in [3.8, 4) is 11.4 Å². The summed E-state index contributed by atoms with van der Waals surface area (Å²) in [5, 5.41) is 9.13. The zero-order valence-corrected chi connectivity index (χ0v) is 15.6. The van der Waals surface area contributed by atoms with Gasteiger partial charge in [-0.05, 0) is 35.2 Å². The van der Waals surface area contributed by atoms with E-state index in [0.717, 1.165) is 5.56 Å². The van der Waals surface area contributed by atoms with Crippen LogP contribution in [0.15, 0.2) is 57.9 Å². The van der Waals surface area contributed by atoms with Gasteiger partial charge in [-0.15, -0.1) is 0 Å². The van der Waals surface area contributed by atoms with Crippen molar-refractivity contribution in [3.63, 3.8) is 0 Å². The fourth-order valence-electron chi connectivity index (χ4n) is 3.69. The Morgan fingerprint density at radius 2 is 1.81 bits per heavy atom. The molecule has 0 spiro atoms. The number of sulfonamides is 1. The van der Waals surface area contributed by atoms with E-state index in [1.807, 2.05) is 0 Å². The summed E-state index contributed by atoms with van der Waals surface area (Å²) in [7, 11) is -3.72. The fraction of sp³-hybridized carbons (Fsp3) is 0.263. The largest absolute Gasteiger partial charge is 0.339 e. The van der Waals surface area contributed by atoms with Crippen LogP contribution in [0, 0.1) is 11.2 Å². The molecule has 2 N–H and O–H groups in total. The van der Waals surface area contributed by atoms with Crippen LogP contribution in [0.1, 0.15) is 37.1 Å². The van der Waals surface area contributed by atoms with E-state index in [-0.39, 0.29) is 28.0 Å². The summed E-state index contributed by atoms with van der Waals surface area (Å²) in [5.74, 6) is 0.564. The molecule has 0 bridgehead atoms. The van der Waals surface area contributed by atoms with Gasteiger partial charge in [0, 0.05) is 11.5 Å². The van der Waals surface area contributed by atoms with Crippen molar-refractivity contribution < 1.29 is 17.3 Å². The van der Waals surface area contributed by atoms with Crippen LogP contribution in [0.3, 0.4) is 0 Å². The van der Waals surface area contributed by atoms with Gasteiger partial charge in [0.1, 0.15) is 5.82 Å². The first kappa shape index (κ1) is 17.8. The molecule has 6 nitrogen and oxygen atoms in total. The average molecular weight is 387 g/mol. The van der Waals surface area contributed by atoms with Crippen LogP contribution >= 0.6 is 0 Å². The number of benzene rings is 2. The molecule has 1 aromatic heterocycles. The van der Waals surface area contributed by atoms with E-state index in [9.17, 15) is 12.8 Å². The number of hydrogen-bond acceptors (Lipinski definition) is 5. The zero-order valence-electron chi connectivity index (χ0n) is 14.8. The van der Waals surface area contributed by atoms with Crippen molar-refractivity contribution in [1.82, 2.24) is 10.1 Å². The Balaban J connectivity index is 1.62. The summed E-state index contributed by atoms with van der Waals surface area (Å²) in [4.78, 5) is 4.53. The summed E-state index contributed by atoms with van der Waals surface area (Å²) >= 11 is 0. The van der Waals surface area contributed by atoms with E-state index < -0.39 is 10.0 Å². The zero-order chi connectivity index (χ0) is 19.4. The number of nitrogens with zero attached hydrogens (tertiary/aromatic N) is 2. The summed E-state index contributed by atoms with van der Waals surface area (Å²) in [6.45, 7) is 4.17. The lowest BCUT2D eigenvalue weighted by Gasteiger charge is -2.04. The highest BCUT2D eigenvalue weighted by Gasteiger charge is 2.62. The molecule has 2 atom stereocenters. The third-order valence-electron chi connectivity index (χ3n) is 5.19. The van der Waals surface area contributed by atoms with Gasteiger partial charge >= 0.3 is 0 Å². The molecule has 8 heteroatoms. The van der Waals surface area contributed by atoms with Gasteiger partial charge < -0.3 is 4.52 Å². The molecule has 2 aromatic carbocycles. The molecule has 0 unspecified atom stereocenters. The Hall–Kier alpha value is -2.58. The van der Waals surface area contributed by atoms with Gasteiger partial charge in [0.25, 0.3) is 0 Å². The molecule has 0 amide bonds. The lowest BCUT2D eigenvalue weighted by molar-refractivity contribution is 0.368. The van der Waals surface area contributed by atoms with Crippen LogP contribution in [0.25, 0.3) is 11.4 Å². The Bertz CT molecular complexity index is 1110. The topological polar surface area (TPSA) is 99.1 Å². The minimum atomic E-state index is -3.72. The van der Waals surface area contributed by atoms with Crippen LogP contribution in [0.4, 0.5) is 4.39 Å². The molecule has 1 fully saturated rings. The second-order valence-corrected chi connectivity index (χ2v) is 8.92. The van der Waals surface area contributed by atoms with Crippen molar-refractivity contribution in [1.29, 1.82) is 0 Å². The minimum Gasteiger partial charge on any atom is -0.339 e. The van der Waals surface area contributed by atoms with Crippen molar-refractivity contribution in [2.75, 3.05) is 0 Å². The molecule has 1 heterocycles. The van der Waals surface area contributed by atoms with Crippen molar-refractivity contribution in [2.24, 2.45) is 10.6 Å². The van der Waals surface area contributed by atoms with E-state index in [1.54, 1.807) is 24.3 Å². The Morgan fingerprint density at radius 3 is 2.44 bits per heavy atom. The molecule has 1 saturated carbocycles. The Labute approximate surface area is 156 Å². The summed E-state index contributed by atoms with van der Waals surface area (Å²) in [5.41, 5.74) is 1.40. The van der Waals surface area contributed by atoms with Crippen molar-refractivity contribution >= 4 is 10.0 Å². The number of nitrogens with two attached hydrogens (primary N) is 1. The highest BCUT2D eigenvalue weighted by Crippen LogP contribution is 2.69. The first-order valence-electron chi connectivity index (χ1n) is 8.40. The van der Waals surface area contributed by atoms with Gasteiger partial charge in [0.2, 0.25) is 21.7 Å². The van der Waals surface area contributed by atoms with E-state index in [4.69, 9.17) is 9.66 Å². The van der Waals surface area contributed by atoms with Crippen LogP contribution in [-0.2, 0) is 10.0 Å². The van der Waals surface area contributed by atoms with Crippen LogP contribution < -0.4 is 5.14 Å². The maximum Gasteiger partial charge on any atom is 0.238 e. The van der Waals surface area contributed by atoms with Gasteiger partial charge in [-0.2, -0.15) is 4.98 Å². The maximum absolute atomic E-state index is 13.4. The lowest BCUT2D eigenvalue weighted by atomic mass is 10.0. The molecule has 0 radical (unpaired) electrons. The predicted octanol–water partition coefficient (Wildman–Crippen LogP) is 3.43. The standard InChI is InChI=1S/C19H18FN3O3S/c1-19(2)15(11-6-8-14(9-7-11)27(21,24)25)16(19)18-22-17(23-26-18)12-4-3-5-13(20)10-12/h3-10,15-16H,1-2H3,(H2,21,24,25)/t15-,16+/m1/s1. The van der Waals surface area contributed by atoms with Gasteiger partial charge in [0.05, 0.1) is 10.8 Å². The number of aromatic nitrogens is 2. The molecule has 0 aliphatic heterocycles.